The van der Waals surface area contributed by atoms with Gasteiger partial charge < -0.3 is 10.1 Å². The summed E-state index contributed by atoms with van der Waals surface area (Å²) in [5.41, 5.74) is 1.89. The molecule has 0 spiro atoms. The van der Waals surface area contributed by atoms with Gasteiger partial charge in [0.25, 0.3) is 0 Å². The normalized spacial score (nSPS) is 10.3. The summed E-state index contributed by atoms with van der Waals surface area (Å²) in [5.74, 6) is 1.83. The number of nitrogens with zero attached hydrogens (tertiary/aromatic N) is 1. The minimum absolute atomic E-state index is 0.0471. The minimum Gasteiger partial charge on any atom is -0.457 e. The van der Waals surface area contributed by atoms with Crippen LogP contribution in [0.2, 0.25) is 0 Å². The second kappa shape index (κ2) is 8.35. The van der Waals surface area contributed by atoms with Crippen LogP contribution in [0.15, 0.2) is 78.0 Å². The molecule has 0 saturated heterocycles. The van der Waals surface area contributed by atoms with Gasteiger partial charge in [-0.2, -0.15) is 0 Å². The molecule has 5 heteroatoms. The maximum Gasteiger partial charge on any atom is 0.234 e. The second-order valence-electron chi connectivity index (χ2n) is 5.46. The van der Waals surface area contributed by atoms with E-state index < -0.39 is 0 Å². The Labute approximate surface area is 151 Å². The van der Waals surface area contributed by atoms with Gasteiger partial charge in [0, 0.05) is 23.0 Å². The zero-order chi connectivity index (χ0) is 17.5. The molecule has 2 aromatic carbocycles. The van der Waals surface area contributed by atoms with Gasteiger partial charge in [0.2, 0.25) is 5.91 Å². The van der Waals surface area contributed by atoms with Crippen LogP contribution in [0.1, 0.15) is 5.56 Å². The number of hydrogen-bond acceptors (Lipinski definition) is 4. The van der Waals surface area contributed by atoms with E-state index in [0.29, 0.717) is 5.75 Å². The first-order valence-corrected chi connectivity index (χ1v) is 8.85. The van der Waals surface area contributed by atoms with Crippen LogP contribution in [0.5, 0.6) is 11.5 Å². The number of pyridine rings is 1. The summed E-state index contributed by atoms with van der Waals surface area (Å²) in [6.07, 6.45) is 3.43. The topological polar surface area (TPSA) is 51.2 Å². The maximum atomic E-state index is 12.0. The summed E-state index contributed by atoms with van der Waals surface area (Å²) < 4.78 is 5.80. The number of carbonyl (C=O) groups is 1. The number of aryl methyl sites for hydroxylation is 1. The van der Waals surface area contributed by atoms with Crippen LogP contribution in [0.4, 0.5) is 5.69 Å². The van der Waals surface area contributed by atoms with Crippen LogP contribution in [0, 0.1) is 6.92 Å². The lowest BCUT2D eigenvalue weighted by Crippen LogP contribution is -2.13. The molecule has 25 heavy (non-hydrogen) atoms. The Bertz CT molecular complexity index is 836. The van der Waals surface area contributed by atoms with E-state index in [-0.39, 0.29) is 5.91 Å². The third-order valence-corrected chi connectivity index (χ3v) is 4.40. The summed E-state index contributed by atoms with van der Waals surface area (Å²) in [6.45, 7) is 2.02. The predicted octanol–water partition coefficient (Wildman–Crippen LogP) is 4.91. The molecule has 3 aromatic rings. The molecule has 0 atom stereocenters. The van der Waals surface area contributed by atoms with E-state index >= 15 is 0 Å². The molecule has 0 aliphatic rings. The Balaban J connectivity index is 1.52. The third-order valence-electron chi connectivity index (χ3n) is 3.38. The van der Waals surface area contributed by atoms with Crippen molar-refractivity contribution < 1.29 is 9.53 Å². The van der Waals surface area contributed by atoms with E-state index in [0.717, 1.165) is 27.6 Å². The molecule has 0 aliphatic heterocycles. The SMILES string of the molecule is Cc1cccc(Oc2ccc(NC(=O)CSc3ccncc3)cc2)c1. The first-order chi connectivity index (χ1) is 12.2. The van der Waals surface area contributed by atoms with Gasteiger partial charge in [-0.25, -0.2) is 0 Å². The lowest BCUT2D eigenvalue weighted by Gasteiger charge is -2.08. The predicted molar refractivity (Wildman–Crippen MR) is 101 cm³/mol. The number of hydrogen-bond donors (Lipinski definition) is 1. The second-order valence-corrected chi connectivity index (χ2v) is 6.51. The van der Waals surface area contributed by atoms with Crippen LogP contribution in [0.3, 0.4) is 0 Å². The maximum absolute atomic E-state index is 12.0. The Morgan fingerprint density at radius 1 is 1.04 bits per heavy atom. The van der Waals surface area contributed by atoms with Crippen molar-refractivity contribution in [1.29, 1.82) is 0 Å². The molecular formula is C20H18N2O2S. The summed E-state index contributed by atoms with van der Waals surface area (Å²) in [6, 6.07) is 19.0. The smallest absolute Gasteiger partial charge is 0.234 e. The first kappa shape index (κ1) is 17.0. The monoisotopic (exact) mass is 350 g/mol. The molecule has 1 amide bonds. The van der Waals surface area contributed by atoms with Crippen LogP contribution in [-0.4, -0.2) is 16.6 Å². The molecule has 1 heterocycles. The largest absolute Gasteiger partial charge is 0.457 e. The third kappa shape index (κ3) is 5.36. The fraction of sp³-hybridized carbons (Fsp3) is 0.100. The van der Waals surface area contributed by atoms with Crippen molar-refractivity contribution in [3.63, 3.8) is 0 Å². The zero-order valence-electron chi connectivity index (χ0n) is 13.8. The van der Waals surface area contributed by atoms with E-state index in [4.69, 9.17) is 4.74 Å². The number of amides is 1. The van der Waals surface area contributed by atoms with Crippen LogP contribution < -0.4 is 10.1 Å². The summed E-state index contributed by atoms with van der Waals surface area (Å²) >= 11 is 1.48. The van der Waals surface area contributed by atoms with Gasteiger partial charge in [0.1, 0.15) is 11.5 Å². The van der Waals surface area contributed by atoms with Gasteiger partial charge in [0.15, 0.2) is 0 Å². The van der Waals surface area contributed by atoms with Crippen LogP contribution >= 0.6 is 11.8 Å². The first-order valence-electron chi connectivity index (χ1n) is 7.86. The van der Waals surface area contributed by atoms with E-state index in [9.17, 15) is 4.79 Å². The van der Waals surface area contributed by atoms with Crippen molar-refractivity contribution in [1.82, 2.24) is 4.98 Å². The van der Waals surface area contributed by atoms with Crippen molar-refractivity contribution in [3.05, 3.63) is 78.6 Å². The number of anilines is 1. The minimum atomic E-state index is -0.0471. The van der Waals surface area contributed by atoms with Crippen molar-refractivity contribution >= 4 is 23.4 Å². The number of rotatable bonds is 6. The van der Waals surface area contributed by atoms with Gasteiger partial charge in [-0.15, -0.1) is 11.8 Å². The molecular weight excluding hydrogens is 332 g/mol. The summed E-state index contributed by atoms with van der Waals surface area (Å²) in [5, 5.41) is 2.88. The molecule has 1 N–H and O–H groups in total. The highest BCUT2D eigenvalue weighted by Gasteiger charge is 2.04. The van der Waals surface area contributed by atoms with Gasteiger partial charge in [-0.3, -0.25) is 9.78 Å². The number of carbonyl (C=O) groups excluding carboxylic acids is 1. The van der Waals surface area contributed by atoms with Crippen molar-refractivity contribution in [2.75, 3.05) is 11.1 Å². The zero-order valence-corrected chi connectivity index (χ0v) is 14.6. The van der Waals surface area contributed by atoms with E-state index in [1.165, 1.54) is 11.8 Å². The molecule has 0 unspecified atom stereocenters. The standard InChI is InChI=1S/C20H18N2O2S/c1-15-3-2-4-18(13-15)24-17-7-5-16(6-8-17)22-20(23)14-25-19-9-11-21-12-10-19/h2-13H,14H2,1H3,(H,22,23). The van der Waals surface area contributed by atoms with Crippen LogP contribution in [0.25, 0.3) is 0 Å². The fourth-order valence-electron chi connectivity index (χ4n) is 2.20. The highest BCUT2D eigenvalue weighted by molar-refractivity contribution is 8.00. The van der Waals surface area contributed by atoms with E-state index in [1.807, 2.05) is 67.6 Å². The number of thioether (sulfide) groups is 1. The van der Waals surface area contributed by atoms with Gasteiger partial charge in [-0.05, 0) is 61.0 Å². The van der Waals surface area contributed by atoms with Gasteiger partial charge in [0.05, 0.1) is 5.75 Å². The Morgan fingerprint density at radius 3 is 2.52 bits per heavy atom. The van der Waals surface area contributed by atoms with E-state index in [1.54, 1.807) is 12.4 Å². The molecule has 4 nitrogen and oxygen atoms in total. The van der Waals surface area contributed by atoms with Gasteiger partial charge >= 0.3 is 0 Å². The molecule has 126 valence electrons. The van der Waals surface area contributed by atoms with E-state index in [2.05, 4.69) is 10.3 Å². The highest BCUT2D eigenvalue weighted by Crippen LogP contribution is 2.24. The number of benzene rings is 2. The molecule has 3 rings (SSSR count). The lowest BCUT2D eigenvalue weighted by atomic mass is 10.2. The fourth-order valence-corrected chi connectivity index (χ4v) is 2.89. The van der Waals surface area contributed by atoms with Crippen molar-refractivity contribution in [3.8, 4) is 11.5 Å². The lowest BCUT2D eigenvalue weighted by molar-refractivity contribution is -0.113. The molecule has 0 fully saturated rings. The van der Waals surface area contributed by atoms with Crippen molar-refractivity contribution in [2.24, 2.45) is 0 Å². The van der Waals surface area contributed by atoms with Crippen LogP contribution in [-0.2, 0) is 4.79 Å². The Morgan fingerprint density at radius 2 is 1.80 bits per heavy atom. The summed E-state index contributed by atoms with van der Waals surface area (Å²) in [7, 11) is 0. The van der Waals surface area contributed by atoms with Crippen molar-refractivity contribution in [2.45, 2.75) is 11.8 Å². The molecule has 1 aromatic heterocycles. The van der Waals surface area contributed by atoms with Gasteiger partial charge in [-0.1, -0.05) is 12.1 Å². The summed E-state index contributed by atoms with van der Waals surface area (Å²) in [4.78, 5) is 17.0. The molecule has 0 aliphatic carbocycles. The molecule has 0 saturated carbocycles. The average molecular weight is 350 g/mol. The quantitative estimate of drug-likeness (QED) is 0.642. The number of ether oxygens (including phenoxy) is 1. The Kier molecular flexibility index (Phi) is 5.69. The number of nitrogens with one attached hydrogen (secondary N) is 1. The molecule has 0 radical (unpaired) electrons. The number of aromatic nitrogens is 1. The highest BCUT2D eigenvalue weighted by atomic mass is 32.2. The Hall–Kier alpha value is -2.79. The average Bonchev–Trinajstić information content (AvgIpc) is 2.63. The molecule has 0 bridgehead atoms.